The van der Waals surface area contributed by atoms with Crippen molar-refractivity contribution < 1.29 is 33.7 Å². The molecule has 0 bridgehead atoms. The third kappa shape index (κ3) is 5.59. The number of hydrogen-bond acceptors (Lipinski definition) is 5. The molecule has 162 valence electrons. The van der Waals surface area contributed by atoms with E-state index in [1.54, 1.807) is 6.07 Å². The minimum Gasteiger partial charge on any atom is -0.511 e. The minimum atomic E-state index is -1.28. The summed E-state index contributed by atoms with van der Waals surface area (Å²) < 4.78 is 20.0. The summed E-state index contributed by atoms with van der Waals surface area (Å²) in [6.07, 6.45) is 0.0301. The number of carboxylic acid groups (broad SMARTS) is 1. The molecule has 3 rings (SSSR count). The second-order valence-electron chi connectivity index (χ2n) is 6.91. The Bertz CT molecular complexity index is 1020. The molecule has 0 unspecified atom stereocenters. The third-order valence-corrected chi connectivity index (χ3v) is 4.64. The second-order valence-corrected chi connectivity index (χ2v) is 6.91. The largest absolute Gasteiger partial charge is 0.511 e. The van der Waals surface area contributed by atoms with Gasteiger partial charge in [0.05, 0.1) is 0 Å². The van der Waals surface area contributed by atoms with Crippen molar-refractivity contribution in [1.29, 1.82) is 0 Å². The highest BCUT2D eigenvalue weighted by atomic mass is 19.1. The van der Waals surface area contributed by atoms with E-state index in [4.69, 9.17) is 9.84 Å². The molecule has 1 aliphatic rings. The molecule has 1 aliphatic heterocycles. The standard InChI is InChI=1S/C22H21FN2O6/c23-16-10-15(6-7-18(16)31-13-14-4-2-1-3-5-14)12-25-9-8-17(26)20(22(25)30)21(29)24-11-19(27)28/h1-7,10,26H,8-9,11-13H2,(H,24,29)(H,27,28). The molecule has 31 heavy (non-hydrogen) atoms. The molecular formula is C22H21FN2O6. The highest BCUT2D eigenvalue weighted by molar-refractivity contribution is 6.19. The van der Waals surface area contributed by atoms with E-state index in [-0.39, 0.29) is 31.9 Å². The first-order valence-corrected chi connectivity index (χ1v) is 9.51. The number of aliphatic hydroxyl groups is 1. The molecule has 0 atom stereocenters. The number of amides is 2. The number of nitrogens with one attached hydrogen (secondary N) is 1. The van der Waals surface area contributed by atoms with E-state index in [2.05, 4.69) is 5.32 Å². The van der Waals surface area contributed by atoms with Gasteiger partial charge < -0.3 is 25.2 Å². The monoisotopic (exact) mass is 428 g/mol. The SMILES string of the molecule is O=C(O)CNC(=O)C1=C(O)CCN(Cc2ccc(OCc3ccccc3)c(F)c2)C1=O. The fourth-order valence-electron chi connectivity index (χ4n) is 3.09. The van der Waals surface area contributed by atoms with Crippen LogP contribution in [0.2, 0.25) is 0 Å². The maximum Gasteiger partial charge on any atom is 0.322 e. The number of ether oxygens (including phenoxy) is 1. The second kappa shape index (κ2) is 9.75. The predicted molar refractivity (Wildman–Crippen MR) is 108 cm³/mol. The Hall–Kier alpha value is -3.88. The van der Waals surface area contributed by atoms with Crippen LogP contribution in [-0.2, 0) is 27.5 Å². The molecule has 2 aromatic rings. The molecule has 3 N–H and O–H groups in total. The highest BCUT2D eigenvalue weighted by Gasteiger charge is 2.32. The molecule has 8 nitrogen and oxygen atoms in total. The zero-order chi connectivity index (χ0) is 22.4. The van der Waals surface area contributed by atoms with Gasteiger partial charge in [0.1, 0.15) is 24.5 Å². The maximum absolute atomic E-state index is 14.4. The van der Waals surface area contributed by atoms with Gasteiger partial charge in [-0.3, -0.25) is 14.4 Å². The lowest BCUT2D eigenvalue weighted by molar-refractivity contribution is -0.138. The summed E-state index contributed by atoms with van der Waals surface area (Å²) in [6.45, 7) is -0.328. The van der Waals surface area contributed by atoms with Crippen LogP contribution in [0.4, 0.5) is 4.39 Å². The maximum atomic E-state index is 14.4. The van der Waals surface area contributed by atoms with Crippen molar-refractivity contribution in [2.45, 2.75) is 19.6 Å². The predicted octanol–water partition coefficient (Wildman–Crippen LogP) is 2.15. The molecular weight excluding hydrogens is 407 g/mol. The number of hydrogen-bond donors (Lipinski definition) is 3. The molecule has 0 fully saturated rings. The zero-order valence-electron chi connectivity index (χ0n) is 16.5. The first-order chi connectivity index (χ1) is 14.8. The number of carbonyl (C=O) groups excluding carboxylic acids is 2. The van der Waals surface area contributed by atoms with Crippen LogP contribution in [-0.4, -0.2) is 46.0 Å². The Kier molecular flexibility index (Phi) is 6.86. The van der Waals surface area contributed by atoms with E-state index in [1.165, 1.54) is 17.0 Å². The van der Waals surface area contributed by atoms with Crippen LogP contribution < -0.4 is 10.1 Å². The third-order valence-electron chi connectivity index (χ3n) is 4.64. The van der Waals surface area contributed by atoms with Crippen LogP contribution in [0.25, 0.3) is 0 Å². The molecule has 2 amide bonds. The summed E-state index contributed by atoms with van der Waals surface area (Å²) in [5.74, 6) is -3.92. The summed E-state index contributed by atoms with van der Waals surface area (Å²) in [5, 5.41) is 20.7. The van der Waals surface area contributed by atoms with E-state index in [0.717, 1.165) is 5.56 Å². The Balaban J connectivity index is 1.65. The van der Waals surface area contributed by atoms with E-state index >= 15 is 0 Å². The number of carbonyl (C=O) groups is 3. The van der Waals surface area contributed by atoms with Gasteiger partial charge in [0.25, 0.3) is 11.8 Å². The molecule has 0 saturated carbocycles. The summed E-state index contributed by atoms with van der Waals surface area (Å²) >= 11 is 0. The highest BCUT2D eigenvalue weighted by Crippen LogP contribution is 2.23. The average molecular weight is 428 g/mol. The topological polar surface area (TPSA) is 116 Å². The number of aliphatic carboxylic acids is 1. The summed E-state index contributed by atoms with van der Waals surface area (Å²) in [4.78, 5) is 36.6. The lowest BCUT2D eigenvalue weighted by Gasteiger charge is -2.28. The molecule has 1 heterocycles. The van der Waals surface area contributed by atoms with Crippen LogP contribution in [0.1, 0.15) is 17.5 Å². The average Bonchev–Trinajstić information content (AvgIpc) is 2.74. The number of aliphatic hydroxyl groups excluding tert-OH is 1. The van der Waals surface area contributed by atoms with Gasteiger partial charge in [-0.15, -0.1) is 0 Å². The van der Waals surface area contributed by atoms with Gasteiger partial charge in [-0.2, -0.15) is 0 Å². The van der Waals surface area contributed by atoms with Gasteiger partial charge in [-0.05, 0) is 23.3 Å². The summed E-state index contributed by atoms with van der Waals surface area (Å²) in [7, 11) is 0. The van der Waals surface area contributed by atoms with Gasteiger partial charge in [-0.25, -0.2) is 4.39 Å². The molecule has 0 saturated heterocycles. The first-order valence-electron chi connectivity index (χ1n) is 9.51. The summed E-state index contributed by atoms with van der Waals surface area (Å²) in [6, 6.07) is 13.6. The number of rotatable bonds is 8. The van der Waals surface area contributed by atoms with Gasteiger partial charge >= 0.3 is 5.97 Å². The first kappa shape index (κ1) is 21.8. The lowest BCUT2D eigenvalue weighted by Crippen LogP contribution is -2.43. The minimum absolute atomic E-state index is 0.0116. The van der Waals surface area contributed by atoms with Crippen molar-refractivity contribution in [2.75, 3.05) is 13.1 Å². The van der Waals surface area contributed by atoms with E-state index in [0.29, 0.717) is 5.56 Å². The van der Waals surface area contributed by atoms with Gasteiger partial charge in [-0.1, -0.05) is 36.4 Å². The molecule has 2 aromatic carbocycles. The lowest BCUT2D eigenvalue weighted by atomic mass is 10.0. The van der Waals surface area contributed by atoms with Gasteiger partial charge in [0, 0.05) is 19.5 Å². The summed E-state index contributed by atoms with van der Waals surface area (Å²) in [5.41, 5.74) is 0.866. The molecule has 0 radical (unpaired) electrons. The van der Waals surface area contributed by atoms with Crippen LogP contribution in [0, 0.1) is 5.82 Å². The van der Waals surface area contributed by atoms with Crippen molar-refractivity contribution >= 4 is 17.8 Å². The number of nitrogens with zero attached hydrogens (tertiary/aromatic N) is 1. The van der Waals surface area contributed by atoms with Crippen molar-refractivity contribution in [3.63, 3.8) is 0 Å². The number of benzene rings is 2. The molecule has 9 heteroatoms. The smallest absolute Gasteiger partial charge is 0.322 e. The van der Waals surface area contributed by atoms with Gasteiger partial charge in [0.2, 0.25) is 0 Å². The van der Waals surface area contributed by atoms with Crippen LogP contribution in [0.5, 0.6) is 5.75 Å². The molecule has 0 spiro atoms. The van der Waals surface area contributed by atoms with E-state index in [9.17, 15) is 23.9 Å². The number of halogens is 1. The number of carboxylic acids is 1. The van der Waals surface area contributed by atoms with Crippen molar-refractivity contribution in [3.05, 3.63) is 76.8 Å². The fraction of sp³-hybridized carbons (Fsp3) is 0.227. The van der Waals surface area contributed by atoms with Crippen molar-refractivity contribution in [2.24, 2.45) is 0 Å². The fourth-order valence-corrected chi connectivity index (χ4v) is 3.09. The molecule has 0 aliphatic carbocycles. The van der Waals surface area contributed by atoms with E-state index < -0.39 is 41.5 Å². The quantitative estimate of drug-likeness (QED) is 0.555. The Morgan fingerprint density at radius 3 is 2.55 bits per heavy atom. The van der Waals surface area contributed by atoms with Crippen molar-refractivity contribution in [1.82, 2.24) is 10.2 Å². The normalized spacial score (nSPS) is 13.8. The van der Waals surface area contributed by atoms with E-state index in [1.807, 2.05) is 30.3 Å². The Morgan fingerprint density at radius 1 is 1.13 bits per heavy atom. The molecule has 0 aromatic heterocycles. The zero-order valence-corrected chi connectivity index (χ0v) is 16.5. The Morgan fingerprint density at radius 2 is 1.87 bits per heavy atom. The van der Waals surface area contributed by atoms with Crippen molar-refractivity contribution in [3.8, 4) is 5.75 Å². The Labute approximate surface area is 177 Å². The van der Waals surface area contributed by atoms with Crippen LogP contribution in [0.3, 0.4) is 0 Å². The van der Waals surface area contributed by atoms with Crippen LogP contribution in [0.15, 0.2) is 59.9 Å². The van der Waals surface area contributed by atoms with Gasteiger partial charge in [0.15, 0.2) is 11.6 Å². The van der Waals surface area contributed by atoms with Crippen LogP contribution >= 0.6 is 0 Å².